The maximum atomic E-state index is 12.7. The molecule has 0 spiro atoms. The molecule has 1 aromatic carbocycles. The minimum Gasteiger partial charge on any atom is -0.319 e. The Kier molecular flexibility index (Phi) is 6.94. The Bertz CT molecular complexity index is 576. The normalized spacial score (nSPS) is 20.0. The van der Waals surface area contributed by atoms with Gasteiger partial charge >= 0.3 is 0 Å². The first-order valence-electron chi connectivity index (χ1n) is 6.86. The Labute approximate surface area is 138 Å². The van der Waals surface area contributed by atoms with Crippen molar-refractivity contribution in [2.75, 3.05) is 26.7 Å². The summed E-state index contributed by atoms with van der Waals surface area (Å²) in [7, 11) is -1.59. The molecule has 1 aliphatic heterocycles. The highest BCUT2D eigenvalue weighted by molar-refractivity contribution is 7.89. The lowest BCUT2D eigenvalue weighted by Gasteiger charge is -2.32. The van der Waals surface area contributed by atoms with Crippen molar-refractivity contribution in [1.82, 2.24) is 9.62 Å². The molecule has 1 atom stereocenters. The molecule has 0 bridgehead atoms. The van der Waals surface area contributed by atoms with E-state index in [4.69, 9.17) is 11.6 Å². The largest absolute Gasteiger partial charge is 0.319 e. The van der Waals surface area contributed by atoms with Crippen LogP contribution in [0.2, 0.25) is 5.02 Å². The second-order valence-electron chi connectivity index (χ2n) is 5.36. The summed E-state index contributed by atoms with van der Waals surface area (Å²) in [6.07, 6.45) is 1.96. The van der Waals surface area contributed by atoms with Gasteiger partial charge in [-0.25, -0.2) is 8.42 Å². The number of piperidine rings is 1. The molecule has 0 amide bonds. The Balaban J connectivity index is 0.00000220. The molecule has 1 N–H and O–H groups in total. The summed E-state index contributed by atoms with van der Waals surface area (Å²) >= 11 is 6.11. The van der Waals surface area contributed by atoms with Crippen molar-refractivity contribution in [2.45, 2.75) is 24.7 Å². The molecule has 1 saturated heterocycles. The number of sulfonamides is 1. The van der Waals surface area contributed by atoms with Crippen LogP contribution in [-0.2, 0) is 10.0 Å². The zero-order valence-electron chi connectivity index (χ0n) is 12.3. The van der Waals surface area contributed by atoms with Crippen molar-refractivity contribution in [3.63, 3.8) is 0 Å². The number of hydrogen-bond donors (Lipinski definition) is 1. The first kappa shape index (κ1) is 18.7. The van der Waals surface area contributed by atoms with Gasteiger partial charge in [0.05, 0.1) is 5.02 Å². The van der Waals surface area contributed by atoms with E-state index >= 15 is 0 Å². The zero-order chi connectivity index (χ0) is 14.8. The van der Waals surface area contributed by atoms with Gasteiger partial charge in [0.1, 0.15) is 4.90 Å². The summed E-state index contributed by atoms with van der Waals surface area (Å²) in [6.45, 7) is 3.87. The molecule has 0 aromatic heterocycles. The fourth-order valence-corrected chi connectivity index (χ4v) is 4.78. The predicted molar refractivity (Wildman–Crippen MR) is 88.8 cm³/mol. The van der Waals surface area contributed by atoms with E-state index < -0.39 is 10.0 Å². The van der Waals surface area contributed by atoms with Gasteiger partial charge in [-0.3, -0.25) is 0 Å². The molecule has 1 unspecified atom stereocenters. The summed E-state index contributed by atoms with van der Waals surface area (Å²) in [5.74, 6) is 0.368. The van der Waals surface area contributed by atoms with E-state index in [9.17, 15) is 8.42 Å². The molecule has 1 heterocycles. The Morgan fingerprint density at radius 3 is 2.76 bits per heavy atom. The van der Waals surface area contributed by atoms with Gasteiger partial charge in [0.25, 0.3) is 0 Å². The Hall–Kier alpha value is -0.330. The number of rotatable bonds is 4. The first-order valence-corrected chi connectivity index (χ1v) is 8.68. The van der Waals surface area contributed by atoms with Gasteiger partial charge in [-0.2, -0.15) is 4.31 Å². The minimum atomic E-state index is -3.49. The van der Waals surface area contributed by atoms with Crippen LogP contribution >= 0.6 is 24.0 Å². The number of aryl methyl sites for hydroxylation is 1. The fraction of sp³-hybridized carbons (Fsp3) is 0.571. The van der Waals surface area contributed by atoms with Gasteiger partial charge in [0.2, 0.25) is 10.0 Å². The SMILES string of the molecule is CNCC1CCCN(S(=O)(=O)c2ccc(C)cc2Cl)C1.Cl. The number of halogens is 2. The van der Waals surface area contributed by atoms with E-state index in [0.29, 0.717) is 24.0 Å². The maximum Gasteiger partial charge on any atom is 0.244 e. The molecule has 120 valence electrons. The van der Waals surface area contributed by atoms with E-state index in [0.717, 1.165) is 24.9 Å². The van der Waals surface area contributed by atoms with Crippen molar-refractivity contribution in [3.8, 4) is 0 Å². The van der Waals surface area contributed by atoms with Crippen molar-refractivity contribution in [2.24, 2.45) is 5.92 Å². The monoisotopic (exact) mass is 352 g/mol. The highest BCUT2D eigenvalue weighted by Crippen LogP contribution is 2.28. The molecular weight excluding hydrogens is 331 g/mol. The average molecular weight is 353 g/mol. The van der Waals surface area contributed by atoms with Gasteiger partial charge in [0, 0.05) is 13.1 Å². The summed E-state index contributed by atoms with van der Waals surface area (Å²) < 4.78 is 26.9. The van der Waals surface area contributed by atoms with E-state index in [2.05, 4.69) is 5.32 Å². The lowest BCUT2D eigenvalue weighted by molar-refractivity contribution is 0.263. The molecule has 21 heavy (non-hydrogen) atoms. The molecule has 1 fully saturated rings. The second-order valence-corrected chi connectivity index (χ2v) is 7.68. The molecule has 2 rings (SSSR count). The zero-order valence-corrected chi connectivity index (χ0v) is 14.7. The van der Waals surface area contributed by atoms with Crippen LogP contribution in [0.25, 0.3) is 0 Å². The Morgan fingerprint density at radius 2 is 2.14 bits per heavy atom. The van der Waals surface area contributed by atoms with Crippen molar-refractivity contribution < 1.29 is 8.42 Å². The first-order chi connectivity index (χ1) is 9.45. The van der Waals surface area contributed by atoms with Gasteiger partial charge < -0.3 is 5.32 Å². The van der Waals surface area contributed by atoms with Crippen LogP contribution in [0, 0.1) is 12.8 Å². The van der Waals surface area contributed by atoms with Crippen molar-refractivity contribution >= 4 is 34.0 Å². The van der Waals surface area contributed by atoms with Gasteiger partial charge in [-0.05, 0) is 57.0 Å². The van der Waals surface area contributed by atoms with Crippen LogP contribution in [0.1, 0.15) is 18.4 Å². The highest BCUT2D eigenvalue weighted by atomic mass is 35.5. The molecule has 7 heteroatoms. The van der Waals surface area contributed by atoms with Crippen LogP contribution in [0.3, 0.4) is 0 Å². The van der Waals surface area contributed by atoms with Crippen molar-refractivity contribution in [3.05, 3.63) is 28.8 Å². The average Bonchev–Trinajstić information content (AvgIpc) is 2.39. The standard InChI is InChI=1S/C14H21ClN2O2S.ClH/c1-11-5-6-14(13(15)8-11)20(18,19)17-7-3-4-12(10-17)9-16-2;/h5-6,8,12,16H,3-4,7,9-10H2,1-2H3;1H. The van der Waals surface area contributed by atoms with Gasteiger partial charge in [-0.15, -0.1) is 12.4 Å². The van der Waals surface area contributed by atoms with Crippen molar-refractivity contribution in [1.29, 1.82) is 0 Å². The minimum absolute atomic E-state index is 0. The predicted octanol–water partition coefficient (Wildman–Crippen LogP) is 2.69. The lowest BCUT2D eigenvalue weighted by atomic mass is 10.00. The highest BCUT2D eigenvalue weighted by Gasteiger charge is 2.31. The smallest absolute Gasteiger partial charge is 0.244 e. The molecule has 0 radical (unpaired) electrons. The van der Waals surface area contributed by atoms with E-state index in [1.54, 1.807) is 22.5 Å². The molecular formula is C14H22Cl2N2O2S. The molecule has 1 aliphatic rings. The summed E-state index contributed by atoms with van der Waals surface area (Å²) in [5.41, 5.74) is 0.959. The van der Waals surface area contributed by atoms with E-state index in [-0.39, 0.29) is 17.3 Å². The fourth-order valence-electron chi connectivity index (χ4n) is 2.65. The number of hydrogen-bond acceptors (Lipinski definition) is 3. The third-order valence-electron chi connectivity index (χ3n) is 3.68. The summed E-state index contributed by atoms with van der Waals surface area (Å²) in [4.78, 5) is 0.217. The second kappa shape index (κ2) is 7.79. The lowest BCUT2D eigenvalue weighted by Crippen LogP contribution is -2.42. The third-order valence-corrected chi connectivity index (χ3v) is 6.03. The quantitative estimate of drug-likeness (QED) is 0.906. The van der Waals surface area contributed by atoms with Gasteiger partial charge in [0.15, 0.2) is 0 Å². The topological polar surface area (TPSA) is 49.4 Å². The summed E-state index contributed by atoms with van der Waals surface area (Å²) in [5, 5.41) is 3.43. The Morgan fingerprint density at radius 1 is 1.43 bits per heavy atom. The van der Waals surface area contributed by atoms with Crippen LogP contribution in [0.15, 0.2) is 23.1 Å². The van der Waals surface area contributed by atoms with E-state index in [1.807, 2.05) is 14.0 Å². The van der Waals surface area contributed by atoms with Crippen LogP contribution in [0.4, 0.5) is 0 Å². The van der Waals surface area contributed by atoms with Crippen LogP contribution in [0.5, 0.6) is 0 Å². The van der Waals surface area contributed by atoms with Crippen LogP contribution < -0.4 is 5.32 Å². The van der Waals surface area contributed by atoms with Crippen LogP contribution in [-0.4, -0.2) is 39.4 Å². The summed E-state index contributed by atoms with van der Waals surface area (Å²) in [6, 6.07) is 5.09. The number of nitrogens with zero attached hydrogens (tertiary/aromatic N) is 1. The molecule has 4 nitrogen and oxygen atoms in total. The van der Waals surface area contributed by atoms with E-state index in [1.165, 1.54) is 0 Å². The molecule has 1 aromatic rings. The number of benzene rings is 1. The van der Waals surface area contributed by atoms with Gasteiger partial charge in [-0.1, -0.05) is 17.7 Å². The third kappa shape index (κ3) is 4.33. The molecule has 0 saturated carbocycles. The maximum absolute atomic E-state index is 12.7. The number of nitrogens with one attached hydrogen (secondary N) is 1. The molecule has 0 aliphatic carbocycles.